The molecule has 1 unspecified atom stereocenters. The molecule has 0 aromatic heterocycles. The number of nitrogen functional groups attached to an aromatic ring is 1. The van der Waals surface area contributed by atoms with Crippen molar-refractivity contribution in [2.45, 2.75) is 23.8 Å². The number of hydrogen-bond acceptors (Lipinski definition) is 5. The van der Waals surface area contributed by atoms with Gasteiger partial charge in [0, 0.05) is 24.8 Å². The summed E-state index contributed by atoms with van der Waals surface area (Å²) in [6.45, 7) is 1.72. The zero-order valence-electron chi connectivity index (χ0n) is 11.9. The van der Waals surface area contributed by atoms with E-state index in [0.29, 0.717) is 17.4 Å². The number of hydrogen-bond donors (Lipinski definition) is 2. The van der Waals surface area contributed by atoms with Gasteiger partial charge in [-0.25, -0.2) is 13.6 Å². The van der Waals surface area contributed by atoms with Crippen molar-refractivity contribution in [3.05, 3.63) is 18.2 Å². The van der Waals surface area contributed by atoms with Crippen molar-refractivity contribution in [2.24, 2.45) is 5.14 Å². The van der Waals surface area contributed by atoms with E-state index in [0.717, 1.165) is 25.9 Å². The maximum Gasteiger partial charge on any atom is 0.240 e. The lowest BCUT2D eigenvalue weighted by molar-refractivity contribution is 0.372. The number of benzene rings is 1. The molecule has 1 saturated heterocycles. The third-order valence-corrected chi connectivity index (χ3v) is 4.49. The number of primary sulfonamides is 1. The fourth-order valence-corrected chi connectivity index (χ4v) is 3.54. The van der Waals surface area contributed by atoms with Crippen molar-refractivity contribution >= 4 is 21.4 Å². The van der Waals surface area contributed by atoms with Crippen molar-refractivity contribution in [1.82, 2.24) is 4.90 Å². The maximum atomic E-state index is 11.8. The zero-order chi connectivity index (χ0) is 14.9. The Morgan fingerprint density at radius 2 is 2.10 bits per heavy atom. The summed E-state index contributed by atoms with van der Waals surface area (Å²) in [5, 5.41) is 5.32. The molecule has 1 fully saturated rings. The normalized spacial score (nSPS) is 19.8. The second-order valence-electron chi connectivity index (χ2n) is 5.52. The molecule has 0 radical (unpaired) electrons. The van der Waals surface area contributed by atoms with Gasteiger partial charge in [0.25, 0.3) is 0 Å². The summed E-state index contributed by atoms with van der Waals surface area (Å²) in [7, 11) is 0.247. The fraction of sp³-hybridized carbons (Fsp3) is 0.538. The first-order valence-corrected chi connectivity index (χ1v) is 8.17. The molecule has 1 atom stereocenters. The number of sulfonamides is 1. The van der Waals surface area contributed by atoms with Crippen LogP contribution in [0.15, 0.2) is 23.1 Å². The van der Waals surface area contributed by atoms with Crippen molar-refractivity contribution in [1.29, 1.82) is 0 Å². The van der Waals surface area contributed by atoms with Crippen molar-refractivity contribution in [3.8, 4) is 0 Å². The summed E-state index contributed by atoms with van der Waals surface area (Å²) < 4.78 is 23.6. The quantitative estimate of drug-likeness (QED) is 0.787. The molecule has 1 aliphatic rings. The molecule has 1 aliphatic heterocycles. The molecule has 0 aliphatic carbocycles. The van der Waals surface area contributed by atoms with Gasteiger partial charge in [-0.1, -0.05) is 0 Å². The standard InChI is InChI=1S/C13H22N4O2S/c1-16(2)9-11-4-3-7-17(11)12-6-5-10(14)8-13(12)20(15,18)19/h5-6,8,11H,3-4,7,9,14H2,1-2H3,(H2,15,18,19). The Labute approximate surface area is 120 Å². The fourth-order valence-electron chi connectivity index (χ4n) is 2.76. The van der Waals surface area contributed by atoms with Crippen LogP contribution in [-0.4, -0.2) is 46.5 Å². The largest absolute Gasteiger partial charge is 0.399 e. The zero-order valence-corrected chi connectivity index (χ0v) is 12.7. The molecule has 0 saturated carbocycles. The summed E-state index contributed by atoms with van der Waals surface area (Å²) in [5.41, 5.74) is 6.75. The molecular formula is C13H22N4O2S. The van der Waals surface area contributed by atoms with E-state index >= 15 is 0 Å². The number of anilines is 2. The van der Waals surface area contributed by atoms with Gasteiger partial charge in [0.1, 0.15) is 4.90 Å². The Balaban J connectivity index is 2.42. The predicted octanol–water partition coefficient (Wildman–Crippen LogP) is 0.447. The predicted molar refractivity (Wildman–Crippen MR) is 81.1 cm³/mol. The molecule has 112 valence electrons. The van der Waals surface area contributed by atoms with Crippen LogP contribution in [0.1, 0.15) is 12.8 Å². The molecule has 20 heavy (non-hydrogen) atoms. The highest BCUT2D eigenvalue weighted by atomic mass is 32.2. The highest BCUT2D eigenvalue weighted by Crippen LogP contribution is 2.32. The van der Waals surface area contributed by atoms with E-state index < -0.39 is 10.0 Å². The Morgan fingerprint density at radius 3 is 2.70 bits per heavy atom. The van der Waals surface area contributed by atoms with Crippen molar-refractivity contribution in [3.63, 3.8) is 0 Å². The van der Waals surface area contributed by atoms with Crippen molar-refractivity contribution < 1.29 is 8.42 Å². The van der Waals surface area contributed by atoms with Gasteiger partial charge in [0.15, 0.2) is 0 Å². The van der Waals surface area contributed by atoms with Gasteiger partial charge in [0.2, 0.25) is 10.0 Å². The lowest BCUT2D eigenvalue weighted by atomic mass is 10.2. The smallest absolute Gasteiger partial charge is 0.240 e. The number of nitrogens with two attached hydrogens (primary N) is 2. The highest BCUT2D eigenvalue weighted by molar-refractivity contribution is 7.89. The summed E-state index contributed by atoms with van der Waals surface area (Å²) in [6, 6.07) is 5.21. The van der Waals surface area contributed by atoms with Crippen LogP contribution in [0.2, 0.25) is 0 Å². The maximum absolute atomic E-state index is 11.8. The second kappa shape index (κ2) is 5.59. The average molecular weight is 298 g/mol. The highest BCUT2D eigenvalue weighted by Gasteiger charge is 2.29. The van der Waals surface area contributed by atoms with E-state index in [1.165, 1.54) is 6.07 Å². The minimum atomic E-state index is -3.78. The molecule has 6 nitrogen and oxygen atoms in total. The SMILES string of the molecule is CN(C)CC1CCCN1c1ccc(N)cc1S(N)(=O)=O. The van der Waals surface area contributed by atoms with E-state index in [2.05, 4.69) is 9.80 Å². The van der Waals surface area contributed by atoms with Crippen LogP contribution in [0.4, 0.5) is 11.4 Å². The van der Waals surface area contributed by atoms with E-state index in [1.807, 2.05) is 14.1 Å². The average Bonchev–Trinajstić information content (AvgIpc) is 2.75. The first-order chi connectivity index (χ1) is 9.29. The molecule has 1 heterocycles. The van der Waals surface area contributed by atoms with Crippen LogP contribution in [0.5, 0.6) is 0 Å². The van der Waals surface area contributed by atoms with Crippen LogP contribution in [0, 0.1) is 0 Å². The Hall–Kier alpha value is -1.31. The van der Waals surface area contributed by atoms with Crippen molar-refractivity contribution in [2.75, 3.05) is 37.8 Å². The first kappa shape index (κ1) is 15.1. The number of nitrogens with zero attached hydrogens (tertiary/aromatic N) is 2. The minimum absolute atomic E-state index is 0.114. The molecule has 0 amide bonds. The third-order valence-electron chi connectivity index (χ3n) is 3.55. The van der Waals surface area contributed by atoms with Gasteiger partial charge in [-0.15, -0.1) is 0 Å². The lowest BCUT2D eigenvalue weighted by Crippen LogP contribution is -2.38. The summed E-state index contributed by atoms with van der Waals surface area (Å²) in [6.07, 6.45) is 2.10. The van der Waals surface area contributed by atoms with Crippen LogP contribution >= 0.6 is 0 Å². The molecule has 2 rings (SSSR count). The summed E-state index contributed by atoms with van der Waals surface area (Å²) >= 11 is 0. The monoisotopic (exact) mass is 298 g/mol. The van der Waals surface area contributed by atoms with Gasteiger partial charge < -0.3 is 15.5 Å². The summed E-state index contributed by atoms with van der Waals surface area (Å²) in [4.78, 5) is 4.35. The Morgan fingerprint density at radius 1 is 1.40 bits per heavy atom. The molecule has 1 aromatic carbocycles. The van der Waals surface area contributed by atoms with Gasteiger partial charge in [-0.2, -0.15) is 0 Å². The Kier molecular flexibility index (Phi) is 4.22. The van der Waals surface area contributed by atoms with Gasteiger partial charge in [-0.05, 0) is 45.1 Å². The lowest BCUT2D eigenvalue weighted by Gasteiger charge is -2.30. The summed E-state index contributed by atoms with van der Waals surface area (Å²) in [5.74, 6) is 0. The second-order valence-corrected chi connectivity index (χ2v) is 7.05. The molecule has 0 spiro atoms. The molecule has 0 bridgehead atoms. The first-order valence-electron chi connectivity index (χ1n) is 6.63. The van der Waals surface area contributed by atoms with E-state index in [1.54, 1.807) is 12.1 Å². The van der Waals surface area contributed by atoms with Crippen LogP contribution in [0.25, 0.3) is 0 Å². The molecule has 7 heteroatoms. The van der Waals surface area contributed by atoms with E-state index in [-0.39, 0.29) is 4.90 Å². The van der Waals surface area contributed by atoms with Crippen LogP contribution < -0.4 is 15.8 Å². The minimum Gasteiger partial charge on any atom is -0.399 e. The van der Waals surface area contributed by atoms with Crippen LogP contribution in [-0.2, 0) is 10.0 Å². The van der Waals surface area contributed by atoms with Gasteiger partial charge in [0.05, 0.1) is 5.69 Å². The number of likely N-dealkylation sites (N-methyl/N-ethyl adjacent to an activating group) is 1. The molecule has 4 N–H and O–H groups in total. The Bertz CT molecular complexity index is 586. The number of rotatable bonds is 4. The van der Waals surface area contributed by atoms with Crippen LogP contribution in [0.3, 0.4) is 0 Å². The van der Waals surface area contributed by atoms with Gasteiger partial charge in [-0.3, -0.25) is 0 Å². The van der Waals surface area contributed by atoms with Gasteiger partial charge >= 0.3 is 0 Å². The molecule has 1 aromatic rings. The third kappa shape index (κ3) is 3.23. The van der Waals surface area contributed by atoms with E-state index in [4.69, 9.17) is 10.9 Å². The molecular weight excluding hydrogens is 276 g/mol. The van der Waals surface area contributed by atoms with E-state index in [9.17, 15) is 8.42 Å². The topological polar surface area (TPSA) is 92.7 Å².